The summed E-state index contributed by atoms with van der Waals surface area (Å²) in [5, 5.41) is 0. The zero-order valence-electron chi connectivity index (χ0n) is 9.34. The summed E-state index contributed by atoms with van der Waals surface area (Å²) in [5.74, 6) is -1.79. The fraction of sp³-hybridized carbons (Fsp3) is 0.417. The fourth-order valence-electron chi connectivity index (χ4n) is 1.50. The smallest absolute Gasteiger partial charge is 0.182 e. The molecule has 0 heterocycles. The van der Waals surface area contributed by atoms with Gasteiger partial charge in [-0.15, -0.1) is 0 Å². The van der Waals surface area contributed by atoms with Gasteiger partial charge in [0, 0.05) is 6.07 Å². The molecular formula is C12H15F2NO. The zero-order valence-corrected chi connectivity index (χ0v) is 9.34. The van der Waals surface area contributed by atoms with E-state index >= 15 is 0 Å². The van der Waals surface area contributed by atoms with Gasteiger partial charge in [-0.25, -0.2) is 8.78 Å². The molecule has 0 bridgehead atoms. The van der Waals surface area contributed by atoms with Crippen LogP contribution in [-0.2, 0) is 0 Å². The first-order valence-electron chi connectivity index (χ1n) is 5.16. The molecule has 1 aromatic rings. The van der Waals surface area contributed by atoms with Crippen LogP contribution in [0.1, 0.15) is 30.6 Å². The Hall–Kier alpha value is -1.29. The van der Waals surface area contributed by atoms with Crippen LogP contribution >= 0.6 is 0 Å². The lowest BCUT2D eigenvalue weighted by atomic mass is 9.96. The van der Waals surface area contributed by atoms with E-state index in [9.17, 15) is 13.6 Å². The van der Waals surface area contributed by atoms with Crippen molar-refractivity contribution >= 4 is 5.78 Å². The quantitative estimate of drug-likeness (QED) is 0.803. The Morgan fingerprint density at radius 1 is 1.38 bits per heavy atom. The van der Waals surface area contributed by atoms with Crippen molar-refractivity contribution in [2.45, 2.75) is 26.3 Å². The third-order valence-corrected chi connectivity index (χ3v) is 2.26. The minimum Gasteiger partial charge on any atom is -0.321 e. The van der Waals surface area contributed by atoms with Crippen LogP contribution in [0.15, 0.2) is 18.2 Å². The van der Waals surface area contributed by atoms with E-state index in [4.69, 9.17) is 5.73 Å². The molecule has 0 aliphatic carbocycles. The van der Waals surface area contributed by atoms with Gasteiger partial charge in [0.1, 0.15) is 11.6 Å². The summed E-state index contributed by atoms with van der Waals surface area (Å²) in [6, 6.07) is 2.14. The number of carbonyl (C=O) groups excluding carboxylic acids is 1. The lowest BCUT2D eigenvalue weighted by molar-refractivity contribution is 0.0947. The first-order valence-corrected chi connectivity index (χ1v) is 5.16. The Bertz CT molecular complexity index is 391. The number of hydrogen-bond acceptors (Lipinski definition) is 2. The van der Waals surface area contributed by atoms with Crippen LogP contribution in [0.2, 0.25) is 0 Å². The van der Waals surface area contributed by atoms with Crippen molar-refractivity contribution in [1.29, 1.82) is 0 Å². The number of halogens is 2. The summed E-state index contributed by atoms with van der Waals surface area (Å²) >= 11 is 0. The average Bonchev–Trinajstić information content (AvgIpc) is 2.15. The molecule has 0 radical (unpaired) electrons. The van der Waals surface area contributed by atoms with E-state index in [0.717, 1.165) is 12.1 Å². The van der Waals surface area contributed by atoms with Crippen molar-refractivity contribution in [2.24, 2.45) is 11.7 Å². The van der Waals surface area contributed by atoms with Gasteiger partial charge in [0.15, 0.2) is 5.78 Å². The van der Waals surface area contributed by atoms with Crippen LogP contribution in [0.3, 0.4) is 0 Å². The molecule has 1 aromatic carbocycles. The highest BCUT2D eigenvalue weighted by Crippen LogP contribution is 2.14. The number of nitrogens with two attached hydrogens (primary N) is 1. The molecule has 4 heteroatoms. The molecule has 2 nitrogen and oxygen atoms in total. The van der Waals surface area contributed by atoms with Crippen LogP contribution in [0.25, 0.3) is 0 Å². The van der Waals surface area contributed by atoms with E-state index in [-0.39, 0.29) is 11.5 Å². The van der Waals surface area contributed by atoms with E-state index in [1.54, 1.807) is 0 Å². The van der Waals surface area contributed by atoms with Crippen LogP contribution in [0, 0.1) is 17.6 Å². The van der Waals surface area contributed by atoms with Gasteiger partial charge in [-0.05, 0) is 24.5 Å². The minimum atomic E-state index is -0.857. The Morgan fingerprint density at radius 3 is 2.50 bits per heavy atom. The maximum atomic E-state index is 13.3. The number of hydrogen-bond donors (Lipinski definition) is 1. The van der Waals surface area contributed by atoms with Crippen LogP contribution < -0.4 is 5.73 Å². The van der Waals surface area contributed by atoms with E-state index in [2.05, 4.69) is 0 Å². The van der Waals surface area contributed by atoms with Gasteiger partial charge in [0.25, 0.3) is 0 Å². The minimum absolute atomic E-state index is 0.144. The standard InChI is InChI=1S/C12H15F2NO/c1-7(2)5-11(15)12(16)9-4-3-8(13)6-10(9)14/h3-4,6-7,11H,5,15H2,1-2H3. The summed E-state index contributed by atoms with van der Waals surface area (Å²) in [5.41, 5.74) is 5.50. The lowest BCUT2D eigenvalue weighted by Crippen LogP contribution is -2.32. The predicted octanol–water partition coefficient (Wildman–Crippen LogP) is 2.52. The topological polar surface area (TPSA) is 43.1 Å². The highest BCUT2D eigenvalue weighted by molar-refractivity contribution is 6.00. The second-order valence-corrected chi connectivity index (χ2v) is 4.22. The van der Waals surface area contributed by atoms with Gasteiger partial charge >= 0.3 is 0 Å². The van der Waals surface area contributed by atoms with Crippen molar-refractivity contribution in [3.63, 3.8) is 0 Å². The van der Waals surface area contributed by atoms with Gasteiger partial charge in [0.2, 0.25) is 0 Å². The molecule has 0 saturated carbocycles. The fourth-order valence-corrected chi connectivity index (χ4v) is 1.50. The van der Waals surface area contributed by atoms with Crippen molar-refractivity contribution in [3.8, 4) is 0 Å². The van der Waals surface area contributed by atoms with Gasteiger partial charge < -0.3 is 5.73 Å². The summed E-state index contributed by atoms with van der Waals surface area (Å²) in [6.45, 7) is 3.85. The molecule has 0 fully saturated rings. The molecule has 16 heavy (non-hydrogen) atoms. The maximum absolute atomic E-state index is 13.3. The third kappa shape index (κ3) is 3.10. The van der Waals surface area contributed by atoms with Crippen LogP contribution in [0.5, 0.6) is 0 Å². The molecule has 0 aliphatic heterocycles. The molecule has 1 atom stereocenters. The van der Waals surface area contributed by atoms with E-state index in [0.29, 0.717) is 12.5 Å². The highest BCUT2D eigenvalue weighted by Gasteiger charge is 2.20. The van der Waals surface area contributed by atoms with E-state index in [1.165, 1.54) is 0 Å². The average molecular weight is 227 g/mol. The SMILES string of the molecule is CC(C)CC(N)C(=O)c1ccc(F)cc1F. The molecule has 0 aliphatic rings. The number of ketones is 1. The van der Waals surface area contributed by atoms with Gasteiger partial charge in [-0.2, -0.15) is 0 Å². The number of Topliss-reactive ketones (excluding diaryl/α,β-unsaturated/α-hetero) is 1. The Morgan fingerprint density at radius 2 is 2.00 bits per heavy atom. The van der Waals surface area contributed by atoms with Gasteiger partial charge in [0.05, 0.1) is 11.6 Å². The first kappa shape index (κ1) is 12.8. The van der Waals surface area contributed by atoms with Crippen molar-refractivity contribution in [2.75, 3.05) is 0 Å². The summed E-state index contributed by atoms with van der Waals surface area (Å²) in [7, 11) is 0. The molecule has 0 saturated heterocycles. The van der Waals surface area contributed by atoms with Crippen LogP contribution in [0.4, 0.5) is 8.78 Å². The second kappa shape index (κ2) is 5.16. The first-order chi connectivity index (χ1) is 7.41. The Kier molecular flexibility index (Phi) is 4.12. The largest absolute Gasteiger partial charge is 0.321 e. The van der Waals surface area contributed by atoms with Crippen molar-refractivity contribution in [3.05, 3.63) is 35.4 Å². The molecule has 0 spiro atoms. The van der Waals surface area contributed by atoms with Gasteiger partial charge in [-0.3, -0.25) is 4.79 Å². The molecule has 0 amide bonds. The zero-order chi connectivity index (χ0) is 12.3. The summed E-state index contributed by atoms with van der Waals surface area (Å²) < 4.78 is 25.9. The summed E-state index contributed by atoms with van der Waals surface area (Å²) in [6.07, 6.45) is 0.482. The second-order valence-electron chi connectivity index (χ2n) is 4.22. The third-order valence-electron chi connectivity index (χ3n) is 2.26. The molecule has 1 unspecified atom stereocenters. The number of carbonyl (C=O) groups is 1. The molecule has 0 aromatic heterocycles. The maximum Gasteiger partial charge on any atom is 0.182 e. The molecule has 1 rings (SSSR count). The number of benzene rings is 1. The summed E-state index contributed by atoms with van der Waals surface area (Å²) in [4.78, 5) is 11.7. The van der Waals surface area contributed by atoms with Crippen molar-refractivity contribution in [1.82, 2.24) is 0 Å². The normalized spacial score (nSPS) is 12.9. The van der Waals surface area contributed by atoms with Crippen molar-refractivity contribution < 1.29 is 13.6 Å². The van der Waals surface area contributed by atoms with E-state index < -0.39 is 23.5 Å². The predicted molar refractivity (Wildman–Crippen MR) is 58.1 cm³/mol. The Labute approximate surface area is 93.5 Å². The van der Waals surface area contributed by atoms with E-state index in [1.807, 2.05) is 13.8 Å². The molecule has 2 N–H and O–H groups in total. The molecular weight excluding hydrogens is 212 g/mol. The lowest BCUT2D eigenvalue weighted by Gasteiger charge is -2.13. The molecule has 88 valence electrons. The highest BCUT2D eigenvalue weighted by atomic mass is 19.1. The monoisotopic (exact) mass is 227 g/mol. The van der Waals surface area contributed by atoms with Crippen LogP contribution in [-0.4, -0.2) is 11.8 Å². The number of rotatable bonds is 4. The Balaban J connectivity index is 2.88. The van der Waals surface area contributed by atoms with Gasteiger partial charge in [-0.1, -0.05) is 13.8 Å².